The molecule has 0 aromatic heterocycles. The van der Waals surface area contributed by atoms with Gasteiger partial charge in [0.25, 0.3) is 0 Å². The van der Waals surface area contributed by atoms with Gasteiger partial charge in [0.2, 0.25) is 5.91 Å². The number of aliphatic carboxylic acids is 1. The Morgan fingerprint density at radius 3 is 2.52 bits per heavy atom. The first kappa shape index (κ1) is 15.6. The third kappa shape index (κ3) is 2.82. The number of nitrogens with two attached hydrogens (primary N) is 1. The minimum Gasteiger partial charge on any atom is -0.481 e. The van der Waals surface area contributed by atoms with Crippen molar-refractivity contribution in [2.24, 2.45) is 17.6 Å². The van der Waals surface area contributed by atoms with Gasteiger partial charge in [0.05, 0.1) is 5.92 Å². The summed E-state index contributed by atoms with van der Waals surface area (Å²) in [7, 11) is 0. The van der Waals surface area contributed by atoms with Crippen molar-refractivity contribution in [3.05, 3.63) is 0 Å². The Labute approximate surface area is 123 Å². The molecule has 0 saturated carbocycles. The molecule has 5 unspecified atom stereocenters. The van der Waals surface area contributed by atoms with E-state index in [1.807, 2.05) is 13.8 Å². The molecule has 2 aliphatic rings. The fourth-order valence-corrected chi connectivity index (χ4v) is 3.59. The summed E-state index contributed by atoms with van der Waals surface area (Å²) in [6.07, 6.45) is 2.79. The molecule has 0 spiro atoms. The van der Waals surface area contributed by atoms with E-state index in [0.29, 0.717) is 6.42 Å². The first-order valence-electron chi connectivity index (χ1n) is 7.47. The summed E-state index contributed by atoms with van der Waals surface area (Å²) in [5.74, 6) is -1.57. The van der Waals surface area contributed by atoms with E-state index >= 15 is 0 Å². The number of rotatable bonds is 5. The van der Waals surface area contributed by atoms with Gasteiger partial charge in [-0.1, -0.05) is 20.3 Å². The second-order valence-electron chi connectivity index (χ2n) is 6.10. The smallest absolute Gasteiger partial charge is 0.312 e. The molecule has 2 saturated heterocycles. The largest absolute Gasteiger partial charge is 0.481 e. The van der Waals surface area contributed by atoms with E-state index in [4.69, 9.17) is 5.73 Å². The second kappa shape index (κ2) is 5.91. The molecule has 5 atom stereocenters. The monoisotopic (exact) mass is 297 g/mol. The van der Waals surface area contributed by atoms with E-state index in [-0.39, 0.29) is 23.9 Å². The van der Waals surface area contributed by atoms with E-state index < -0.39 is 24.0 Å². The lowest BCUT2D eigenvalue weighted by Crippen LogP contribution is -2.54. The van der Waals surface area contributed by atoms with Gasteiger partial charge in [-0.25, -0.2) is 4.79 Å². The molecule has 2 bridgehead atoms. The molecule has 118 valence electrons. The molecule has 0 aliphatic carbocycles. The minimum absolute atomic E-state index is 0.0233. The number of nitrogens with zero attached hydrogens (tertiary/aromatic N) is 1. The van der Waals surface area contributed by atoms with E-state index in [1.54, 1.807) is 4.90 Å². The maximum atomic E-state index is 12.8. The number of urea groups is 1. The van der Waals surface area contributed by atoms with E-state index in [1.165, 1.54) is 0 Å². The molecule has 21 heavy (non-hydrogen) atoms. The molecule has 2 aliphatic heterocycles. The Hall–Kier alpha value is -1.79. The van der Waals surface area contributed by atoms with Crippen molar-refractivity contribution >= 4 is 17.9 Å². The maximum Gasteiger partial charge on any atom is 0.312 e. The van der Waals surface area contributed by atoms with E-state index in [0.717, 1.165) is 19.3 Å². The van der Waals surface area contributed by atoms with Crippen LogP contribution in [0.25, 0.3) is 0 Å². The lowest BCUT2D eigenvalue weighted by molar-refractivity contribution is -0.143. The number of fused-ring (bicyclic) bond motifs is 2. The predicted molar refractivity (Wildman–Crippen MR) is 75.4 cm³/mol. The van der Waals surface area contributed by atoms with Gasteiger partial charge in [0.1, 0.15) is 6.04 Å². The fourth-order valence-electron chi connectivity index (χ4n) is 3.59. The molecule has 2 rings (SSSR count). The van der Waals surface area contributed by atoms with Gasteiger partial charge in [-0.2, -0.15) is 0 Å². The number of carbonyl (C=O) groups excluding carboxylic acids is 2. The Bertz CT molecular complexity index is 454. The van der Waals surface area contributed by atoms with Crippen LogP contribution in [0.5, 0.6) is 0 Å². The number of nitrogens with one attached hydrogen (secondary N) is 1. The van der Waals surface area contributed by atoms with Crippen LogP contribution < -0.4 is 11.1 Å². The van der Waals surface area contributed by atoms with Gasteiger partial charge in [-0.05, 0) is 25.2 Å². The number of primary amides is 1. The molecule has 7 nitrogen and oxygen atoms in total. The van der Waals surface area contributed by atoms with Crippen LogP contribution in [0.3, 0.4) is 0 Å². The molecule has 0 radical (unpaired) electrons. The summed E-state index contributed by atoms with van der Waals surface area (Å²) >= 11 is 0. The third-order valence-electron chi connectivity index (χ3n) is 4.89. The van der Waals surface area contributed by atoms with Crippen LogP contribution in [0, 0.1) is 11.8 Å². The molecule has 0 aromatic rings. The number of hydrogen-bond donors (Lipinski definition) is 3. The van der Waals surface area contributed by atoms with Crippen LogP contribution in [0.2, 0.25) is 0 Å². The van der Waals surface area contributed by atoms with E-state index in [9.17, 15) is 19.5 Å². The highest BCUT2D eigenvalue weighted by atomic mass is 16.4. The fraction of sp³-hybridized carbons (Fsp3) is 0.786. The Morgan fingerprint density at radius 2 is 2.05 bits per heavy atom. The summed E-state index contributed by atoms with van der Waals surface area (Å²) < 4.78 is 0. The summed E-state index contributed by atoms with van der Waals surface area (Å²) in [4.78, 5) is 36.9. The number of amides is 3. The topological polar surface area (TPSA) is 113 Å². The summed E-state index contributed by atoms with van der Waals surface area (Å²) in [5.41, 5.74) is 5.17. The zero-order valence-corrected chi connectivity index (χ0v) is 12.4. The van der Waals surface area contributed by atoms with Crippen LogP contribution in [0.4, 0.5) is 4.79 Å². The quantitative estimate of drug-likeness (QED) is 0.687. The third-order valence-corrected chi connectivity index (χ3v) is 4.89. The number of carboxylic acids is 1. The van der Waals surface area contributed by atoms with E-state index in [2.05, 4.69) is 5.32 Å². The zero-order chi connectivity index (χ0) is 15.7. The number of carboxylic acid groups (broad SMARTS) is 1. The van der Waals surface area contributed by atoms with Gasteiger partial charge in [-0.15, -0.1) is 0 Å². The van der Waals surface area contributed by atoms with Crippen molar-refractivity contribution in [1.29, 1.82) is 0 Å². The van der Waals surface area contributed by atoms with Crippen molar-refractivity contribution in [3.63, 3.8) is 0 Å². The predicted octanol–water partition coefficient (Wildman–Crippen LogP) is 0.534. The molecule has 2 heterocycles. The summed E-state index contributed by atoms with van der Waals surface area (Å²) in [5, 5.41) is 11.8. The van der Waals surface area contributed by atoms with Crippen molar-refractivity contribution < 1.29 is 19.5 Å². The van der Waals surface area contributed by atoms with Crippen molar-refractivity contribution in [1.82, 2.24) is 10.2 Å². The summed E-state index contributed by atoms with van der Waals surface area (Å²) in [6, 6.07) is -1.68. The van der Waals surface area contributed by atoms with Crippen molar-refractivity contribution in [3.8, 4) is 0 Å². The zero-order valence-electron chi connectivity index (χ0n) is 12.4. The van der Waals surface area contributed by atoms with Crippen LogP contribution >= 0.6 is 0 Å². The summed E-state index contributed by atoms with van der Waals surface area (Å²) in [6.45, 7) is 3.82. The molecule has 3 amide bonds. The number of hydrogen-bond acceptors (Lipinski definition) is 3. The van der Waals surface area contributed by atoms with Gasteiger partial charge < -0.3 is 21.1 Å². The second-order valence-corrected chi connectivity index (χ2v) is 6.10. The van der Waals surface area contributed by atoms with Gasteiger partial charge >= 0.3 is 12.0 Å². The molecule has 0 aromatic carbocycles. The lowest BCUT2D eigenvalue weighted by atomic mass is 9.89. The van der Waals surface area contributed by atoms with Crippen molar-refractivity contribution in [2.45, 2.75) is 57.7 Å². The van der Waals surface area contributed by atoms with Crippen LogP contribution in [-0.2, 0) is 9.59 Å². The Morgan fingerprint density at radius 1 is 1.38 bits per heavy atom. The Balaban J connectivity index is 2.17. The average molecular weight is 297 g/mol. The minimum atomic E-state index is -0.844. The Kier molecular flexibility index (Phi) is 4.39. The number of carbonyl (C=O) groups is 3. The highest BCUT2D eigenvalue weighted by molar-refractivity contribution is 5.88. The van der Waals surface area contributed by atoms with Crippen molar-refractivity contribution in [2.75, 3.05) is 0 Å². The first-order valence-corrected chi connectivity index (χ1v) is 7.47. The SMILES string of the molecule is CCC(C)C(NC(N)=O)C(=O)N1C2CCC1C(C(=O)O)C2. The normalized spacial score (nSPS) is 30.0. The molecule has 7 heteroatoms. The molecular formula is C14H23N3O4. The lowest BCUT2D eigenvalue weighted by Gasteiger charge is -2.30. The average Bonchev–Trinajstić information content (AvgIpc) is 3.00. The molecule has 2 fully saturated rings. The van der Waals surface area contributed by atoms with Crippen LogP contribution in [0.1, 0.15) is 39.5 Å². The molecular weight excluding hydrogens is 274 g/mol. The highest BCUT2D eigenvalue weighted by Crippen LogP contribution is 2.42. The first-order chi connectivity index (χ1) is 9.86. The van der Waals surface area contributed by atoms with Gasteiger partial charge in [0.15, 0.2) is 0 Å². The van der Waals surface area contributed by atoms with Gasteiger partial charge in [0, 0.05) is 12.1 Å². The molecule has 4 N–H and O–H groups in total. The highest BCUT2D eigenvalue weighted by Gasteiger charge is 2.52. The van der Waals surface area contributed by atoms with Gasteiger partial charge in [-0.3, -0.25) is 9.59 Å². The maximum absolute atomic E-state index is 12.8. The standard InChI is InChI=1S/C14H23N3O4/c1-3-7(2)11(16-14(15)21)12(18)17-8-4-5-10(17)9(6-8)13(19)20/h7-11H,3-6H2,1-2H3,(H,19,20)(H3,15,16,21). The van der Waals surface area contributed by atoms with Crippen LogP contribution in [-0.4, -0.2) is 46.0 Å². The van der Waals surface area contributed by atoms with Crippen LogP contribution in [0.15, 0.2) is 0 Å².